The van der Waals surface area contributed by atoms with Crippen molar-refractivity contribution in [3.8, 4) is 11.4 Å². The maximum Gasteiger partial charge on any atom is 0.490 e. The van der Waals surface area contributed by atoms with Gasteiger partial charge in [-0.15, -0.1) is 0 Å². The molecule has 1 N–H and O–H groups in total. The SMILES string of the molecule is Fc1cccc(-c2noc(CCN3CCCCC3)n2)c1.O=C(O)C(F)(F)F. The number of carboxylic acids is 1. The third-order valence-electron chi connectivity index (χ3n) is 3.88. The fourth-order valence-corrected chi connectivity index (χ4v) is 2.54. The molecule has 10 heteroatoms. The number of benzene rings is 1. The van der Waals surface area contributed by atoms with Crippen LogP contribution in [0.4, 0.5) is 17.6 Å². The van der Waals surface area contributed by atoms with Crippen LogP contribution in [0.5, 0.6) is 0 Å². The highest BCUT2D eigenvalue weighted by Crippen LogP contribution is 2.17. The zero-order valence-electron chi connectivity index (χ0n) is 14.4. The number of halogens is 4. The molecule has 0 aliphatic carbocycles. The lowest BCUT2D eigenvalue weighted by Gasteiger charge is -2.25. The van der Waals surface area contributed by atoms with Crippen LogP contribution in [-0.2, 0) is 11.2 Å². The molecule has 1 aromatic carbocycles. The molecule has 2 heterocycles. The van der Waals surface area contributed by atoms with Crippen molar-refractivity contribution in [3.63, 3.8) is 0 Å². The molecule has 2 aromatic rings. The molecule has 0 atom stereocenters. The minimum absolute atomic E-state index is 0.290. The van der Waals surface area contributed by atoms with Gasteiger partial charge in [0.25, 0.3) is 0 Å². The number of hydrogen-bond acceptors (Lipinski definition) is 5. The second kappa shape index (κ2) is 9.45. The number of aromatic nitrogens is 2. The van der Waals surface area contributed by atoms with Crippen molar-refractivity contribution < 1.29 is 32.0 Å². The fourth-order valence-electron chi connectivity index (χ4n) is 2.54. The van der Waals surface area contributed by atoms with Crippen LogP contribution in [0.3, 0.4) is 0 Å². The highest BCUT2D eigenvalue weighted by atomic mass is 19.4. The lowest BCUT2D eigenvalue weighted by atomic mass is 10.1. The number of nitrogens with zero attached hydrogens (tertiary/aromatic N) is 3. The van der Waals surface area contributed by atoms with E-state index in [2.05, 4.69) is 15.0 Å². The number of carboxylic acid groups (broad SMARTS) is 1. The van der Waals surface area contributed by atoms with Gasteiger partial charge in [-0.25, -0.2) is 9.18 Å². The molecule has 0 bridgehead atoms. The first-order chi connectivity index (χ1) is 12.8. The molecule has 1 aliphatic heterocycles. The van der Waals surface area contributed by atoms with Crippen LogP contribution >= 0.6 is 0 Å². The summed E-state index contributed by atoms with van der Waals surface area (Å²) >= 11 is 0. The Morgan fingerprint density at radius 2 is 1.89 bits per heavy atom. The highest BCUT2D eigenvalue weighted by molar-refractivity contribution is 5.73. The van der Waals surface area contributed by atoms with Gasteiger partial charge < -0.3 is 14.5 Å². The molecular formula is C17H19F4N3O3. The normalized spacial score (nSPS) is 15.1. The number of hydrogen-bond donors (Lipinski definition) is 1. The Morgan fingerprint density at radius 3 is 2.48 bits per heavy atom. The molecule has 6 nitrogen and oxygen atoms in total. The van der Waals surface area contributed by atoms with E-state index >= 15 is 0 Å². The first-order valence-corrected chi connectivity index (χ1v) is 8.36. The van der Waals surface area contributed by atoms with Crippen molar-refractivity contribution in [2.24, 2.45) is 0 Å². The molecule has 1 aliphatic rings. The van der Waals surface area contributed by atoms with E-state index in [4.69, 9.17) is 14.4 Å². The summed E-state index contributed by atoms with van der Waals surface area (Å²) in [5.41, 5.74) is 0.651. The molecule has 148 valence electrons. The Kier molecular flexibility index (Phi) is 7.28. The van der Waals surface area contributed by atoms with Gasteiger partial charge in [0.15, 0.2) is 0 Å². The van der Waals surface area contributed by atoms with Gasteiger partial charge in [-0.2, -0.15) is 18.2 Å². The highest BCUT2D eigenvalue weighted by Gasteiger charge is 2.38. The quantitative estimate of drug-likeness (QED) is 0.806. The monoisotopic (exact) mass is 389 g/mol. The van der Waals surface area contributed by atoms with Crippen LogP contribution < -0.4 is 0 Å². The number of alkyl halides is 3. The average Bonchev–Trinajstić information content (AvgIpc) is 3.10. The summed E-state index contributed by atoms with van der Waals surface area (Å²) in [5, 5.41) is 11.0. The summed E-state index contributed by atoms with van der Waals surface area (Å²) in [6.07, 6.45) is -0.445. The predicted octanol–water partition coefficient (Wildman–Crippen LogP) is 3.54. The Hall–Kier alpha value is -2.49. The second-order valence-electron chi connectivity index (χ2n) is 5.98. The number of likely N-dealkylation sites (tertiary alicyclic amines) is 1. The number of carbonyl (C=O) groups is 1. The van der Waals surface area contributed by atoms with E-state index in [0.717, 1.165) is 26.1 Å². The van der Waals surface area contributed by atoms with Crippen molar-refractivity contribution in [2.75, 3.05) is 19.6 Å². The average molecular weight is 389 g/mol. The first-order valence-electron chi connectivity index (χ1n) is 8.36. The van der Waals surface area contributed by atoms with Gasteiger partial charge in [0.05, 0.1) is 0 Å². The third-order valence-corrected chi connectivity index (χ3v) is 3.88. The van der Waals surface area contributed by atoms with Crippen molar-refractivity contribution in [1.29, 1.82) is 0 Å². The number of rotatable bonds is 4. The van der Waals surface area contributed by atoms with Crippen LogP contribution in [0.15, 0.2) is 28.8 Å². The van der Waals surface area contributed by atoms with E-state index in [1.807, 2.05) is 0 Å². The minimum atomic E-state index is -5.08. The number of aliphatic carboxylic acids is 1. The van der Waals surface area contributed by atoms with E-state index in [-0.39, 0.29) is 5.82 Å². The molecule has 0 unspecified atom stereocenters. The molecule has 0 saturated carbocycles. The van der Waals surface area contributed by atoms with Gasteiger partial charge in [0, 0.05) is 18.5 Å². The van der Waals surface area contributed by atoms with Crippen LogP contribution in [0.1, 0.15) is 25.2 Å². The van der Waals surface area contributed by atoms with Gasteiger partial charge in [-0.3, -0.25) is 0 Å². The van der Waals surface area contributed by atoms with Gasteiger partial charge >= 0.3 is 12.1 Å². The van der Waals surface area contributed by atoms with Gasteiger partial charge in [0.2, 0.25) is 11.7 Å². The maximum atomic E-state index is 13.2. The largest absolute Gasteiger partial charge is 0.490 e. The van der Waals surface area contributed by atoms with Crippen molar-refractivity contribution in [3.05, 3.63) is 36.0 Å². The molecule has 1 aromatic heterocycles. The van der Waals surface area contributed by atoms with Crippen molar-refractivity contribution >= 4 is 5.97 Å². The molecule has 0 radical (unpaired) electrons. The lowest BCUT2D eigenvalue weighted by molar-refractivity contribution is -0.192. The molecule has 0 spiro atoms. The summed E-state index contributed by atoms with van der Waals surface area (Å²) in [6, 6.07) is 6.25. The van der Waals surface area contributed by atoms with Crippen LogP contribution in [0.2, 0.25) is 0 Å². The van der Waals surface area contributed by atoms with E-state index in [1.54, 1.807) is 12.1 Å². The second-order valence-corrected chi connectivity index (χ2v) is 5.98. The predicted molar refractivity (Wildman–Crippen MR) is 87.4 cm³/mol. The van der Waals surface area contributed by atoms with E-state index < -0.39 is 12.1 Å². The number of piperidine rings is 1. The van der Waals surface area contributed by atoms with Crippen molar-refractivity contribution in [2.45, 2.75) is 31.9 Å². The maximum absolute atomic E-state index is 13.2. The molecular weight excluding hydrogens is 370 g/mol. The summed E-state index contributed by atoms with van der Waals surface area (Å²) < 4.78 is 50.1. The van der Waals surface area contributed by atoms with Gasteiger partial charge in [-0.1, -0.05) is 23.7 Å². The van der Waals surface area contributed by atoms with E-state index in [1.165, 1.54) is 31.4 Å². The van der Waals surface area contributed by atoms with E-state index in [0.29, 0.717) is 17.3 Å². The first kappa shape index (κ1) is 20.8. The third kappa shape index (κ3) is 6.97. The molecule has 1 saturated heterocycles. The van der Waals surface area contributed by atoms with Crippen LogP contribution in [-0.4, -0.2) is 51.9 Å². The molecule has 0 amide bonds. The molecule has 27 heavy (non-hydrogen) atoms. The topological polar surface area (TPSA) is 79.5 Å². The summed E-state index contributed by atoms with van der Waals surface area (Å²) in [5.74, 6) is -1.97. The summed E-state index contributed by atoms with van der Waals surface area (Å²) in [4.78, 5) is 15.7. The summed E-state index contributed by atoms with van der Waals surface area (Å²) in [7, 11) is 0. The van der Waals surface area contributed by atoms with Gasteiger partial charge in [-0.05, 0) is 38.1 Å². The summed E-state index contributed by atoms with van der Waals surface area (Å²) in [6.45, 7) is 3.26. The smallest absolute Gasteiger partial charge is 0.475 e. The van der Waals surface area contributed by atoms with Crippen LogP contribution in [0, 0.1) is 5.82 Å². The Labute approximate surface area is 152 Å². The van der Waals surface area contributed by atoms with E-state index in [9.17, 15) is 17.6 Å². The van der Waals surface area contributed by atoms with Crippen molar-refractivity contribution in [1.82, 2.24) is 15.0 Å². The zero-order valence-corrected chi connectivity index (χ0v) is 14.4. The lowest BCUT2D eigenvalue weighted by Crippen LogP contribution is -2.31. The fraction of sp³-hybridized carbons (Fsp3) is 0.471. The minimum Gasteiger partial charge on any atom is -0.475 e. The molecule has 3 rings (SSSR count). The van der Waals surface area contributed by atoms with Crippen LogP contribution in [0.25, 0.3) is 11.4 Å². The zero-order chi connectivity index (χ0) is 19.9. The van der Waals surface area contributed by atoms with Gasteiger partial charge in [0.1, 0.15) is 5.82 Å². The molecule has 1 fully saturated rings. The Bertz CT molecular complexity index is 743. The standard InChI is InChI=1S/C15H18FN3O.C2HF3O2/c16-13-6-4-5-12(11-13)15-17-14(20-18-15)7-10-19-8-2-1-3-9-19;3-2(4,5)1(6)7/h4-6,11H,1-3,7-10H2;(H,6,7). The Balaban J connectivity index is 0.000000321. The Morgan fingerprint density at radius 1 is 1.22 bits per heavy atom.